The lowest BCUT2D eigenvalue weighted by molar-refractivity contribution is -0.111. The van der Waals surface area contributed by atoms with Gasteiger partial charge in [-0.15, -0.1) is 0 Å². The molecule has 1 aromatic carbocycles. The second-order valence-electron chi connectivity index (χ2n) is 7.65. The zero-order chi connectivity index (χ0) is 24.0. The zero-order valence-electron chi connectivity index (χ0n) is 19.1. The lowest BCUT2D eigenvalue weighted by Crippen LogP contribution is -2.29. The van der Waals surface area contributed by atoms with Gasteiger partial charge in [0.25, 0.3) is 11.5 Å². The van der Waals surface area contributed by atoms with Crippen molar-refractivity contribution in [3.63, 3.8) is 0 Å². The van der Waals surface area contributed by atoms with Gasteiger partial charge in [0.2, 0.25) is 5.91 Å². The van der Waals surface area contributed by atoms with Crippen LogP contribution >= 0.6 is 0 Å². The second-order valence-corrected chi connectivity index (χ2v) is 7.65. The maximum Gasteiger partial charge on any atom is 0.253 e. The van der Waals surface area contributed by atoms with Crippen LogP contribution in [-0.4, -0.2) is 21.8 Å². The van der Waals surface area contributed by atoms with E-state index in [4.69, 9.17) is 0 Å². The Morgan fingerprint density at radius 2 is 1.94 bits per heavy atom. The second kappa shape index (κ2) is 10.5. The zero-order valence-corrected chi connectivity index (χ0v) is 19.1. The number of hydrogen-bond donors (Lipinski definition) is 3. The predicted octanol–water partition coefficient (Wildman–Crippen LogP) is 3.92. The number of benzene rings is 1. The van der Waals surface area contributed by atoms with E-state index >= 15 is 0 Å². The summed E-state index contributed by atoms with van der Waals surface area (Å²) < 4.78 is 0. The van der Waals surface area contributed by atoms with Gasteiger partial charge in [0, 0.05) is 47.0 Å². The minimum Gasteiger partial charge on any atom is -0.348 e. The van der Waals surface area contributed by atoms with Gasteiger partial charge in [-0.3, -0.25) is 19.4 Å². The van der Waals surface area contributed by atoms with Gasteiger partial charge < -0.3 is 15.6 Å². The summed E-state index contributed by atoms with van der Waals surface area (Å²) in [5.74, 6) is -0.712. The molecule has 0 atom stereocenters. The molecule has 0 bridgehead atoms. The first-order valence-electron chi connectivity index (χ1n) is 10.9. The number of aromatic nitrogens is 2. The monoisotopic (exact) mass is 444 g/mol. The highest BCUT2D eigenvalue weighted by Gasteiger charge is 2.17. The smallest absolute Gasteiger partial charge is 0.253 e. The summed E-state index contributed by atoms with van der Waals surface area (Å²) in [5.41, 5.74) is 5.20. The molecule has 0 saturated carbocycles. The van der Waals surface area contributed by atoms with E-state index in [1.54, 1.807) is 37.5 Å². The number of aryl methyl sites for hydroxylation is 2. The summed E-state index contributed by atoms with van der Waals surface area (Å²) in [7, 11) is 0. The number of H-pyrrole nitrogens is 1. The number of aromatic amines is 1. The van der Waals surface area contributed by atoms with Gasteiger partial charge in [-0.25, -0.2) is 0 Å². The van der Waals surface area contributed by atoms with Crippen molar-refractivity contribution in [2.75, 3.05) is 5.32 Å². The molecule has 3 aromatic rings. The molecule has 7 nitrogen and oxygen atoms in total. The molecule has 33 heavy (non-hydrogen) atoms. The maximum atomic E-state index is 13.2. The van der Waals surface area contributed by atoms with Crippen LogP contribution < -0.4 is 16.2 Å². The SMILES string of the molecule is C=CC(=O)Nc1cc(-c2cccnc2)cc(C(=O)NCc2c(CC)cc(CC)[nH]c2=O)c1C. The van der Waals surface area contributed by atoms with E-state index in [2.05, 4.69) is 27.2 Å². The molecule has 2 amide bonds. The number of rotatable bonds is 8. The maximum absolute atomic E-state index is 13.2. The molecule has 0 radical (unpaired) electrons. The predicted molar refractivity (Wildman–Crippen MR) is 130 cm³/mol. The van der Waals surface area contributed by atoms with E-state index < -0.39 is 0 Å². The van der Waals surface area contributed by atoms with Crippen molar-refractivity contribution in [1.29, 1.82) is 0 Å². The molecule has 3 rings (SSSR count). The third kappa shape index (κ3) is 5.44. The van der Waals surface area contributed by atoms with Crippen molar-refractivity contribution in [2.45, 2.75) is 40.2 Å². The Labute approximate surface area is 193 Å². The van der Waals surface area contributed by atoms with Crippen molar-refractivity contribution >= 4 is 17.5 Å². The van der Waals surface area contributed by atoms with Gasteiger partial charge in [0.05, 0.1) is 0 Å². The number of carbonyl (C=O) groups is 2. The highest BCUT2D eigenvalue weighted by atomic mass is 16.2. The third-order valence-corrected chi connectivity index (χ3v) is 5.56. The number of anilines is 1. The molecule has 3 N–H and O–H groups in total. The summed E-state index contributed by atoms with van der Waals surface area (Å²) in [4.78, 5) is 44.7. The molecule has 0 spiro atoms. The van der Waals surface area contributed by atoms with Crippen LogP contribution in [0, 0.1) is 6.92 Å². The van der Waals surface area contributed by atoms with Gasteiger partial charge in [-0.1, -0.05) is 26.5 Å². The normalized spacial score (nSPS) is 10.5. The number of amides is 2. The summed E-state index contributed by atoms with van der Waals surface area (Å²) in [5, 5.41) is 5.64. The minimum atomic E-state index is -0.372. The molecular weight excluding hydrogens is 416 g/mol. The van der Waals surface area contributed by atoms with Crippen molar-refractivity contribution < 1.29 is 9.59 Å². The van der Waals surface area contributed by atoms with Crippen molar-refractivity contribution in [1.82, 2.24) is 15.3 Å². The van der Waals surface area contributed by atoms with Crippen LogP contribution in [-0.2, 0) is 24.2 Å². The van der Waals surface area contributed by atoms with Crippen molar-refractivity contribution in [3.05, 3.63) is 93.7 Å². The molecule has 2 aromatic heterocycles. The average Bonchev–Trinajstić information content (AvgIpc) is 2.84. The van der Waals surface area contributed by atoms with E-state index in [9.17, 15) is 14.4 Å². The summed E-state index contributed by atoms with van der Waals surface area (Å²) in [6.45, 7) is 9.32. The van der Waals surface area contributed by atoms with Crippen LogP contribution in [0.15, 0.2) is 60.2 Å². The molecule has 0 aliphatic rings. The van der Waals surface area contributed by atoms with E-state index in [0.29, 0.717) is 28.8 Å². The van der Waals surface area contributed by atoms with Crippen LogP contribution in [0.3, 0.4) is 0 Å². The lowest BCUT2D eigenvalue weighted by Gasteiger charge is -2.16. The Hall–Kier alpha value is -4.00. The Balaban J connectivity index is 1.97. The van der Waals surface area contributed by atoms with Gasteiger partial charge in [0.1, 0.15) is 0 Å². The third-order valence-electron chi connectivity index (χ3n) is 5.56. The summed E-state index contributed by atoms with van der Waals surface area (Å²) in [6, 6.07) is 9.21. The summed E-state index contributed by atoms with van der Waals surface area (Å²) >= 11 is 0. The first-order valence-corrected chi connectivity index (χ1v) is 10.9. The molecule has 0 unspecified atom stereocenters. The first-order chi connectivity index (χ1) is 15.9. The molecule has 0 saturated heterocycles. The van der Waals surface area contributed by atoms with E-state index in [0.717, 1.165) is 28.8 Å². The molecular formula is C26H28N4O3. The van der Waals surface area contributed by atoms with E-state index in [1.165, 1.54) is 6.08 Å². The number of hydrogen-bond acceptors (Lipinski definition) is 4. The van der Waals surface area contributed by atoms with Gasteiger partial charge in [-0.2, -0.15) is 0 Å². The number of carbonyl (C=O) groups excluding carboxylic acids is 2. The molecule has 170 valence electrons. The van der Waals surface area contributed by atoms with Crippen LogP contribution in [0.5, 0.6) is 0 Å². The standard InChI is InChI=1S/C26H28N4O3/c1-5-17-11-20(6-2)29-26(33)22(17)15-28-25(32)21-12-19(18-9-8-10-27-14-18)13-23(16(21)4)30-24(31)7-3/h7-14H,3,5-6,15H2,1-2,4H3,(H,28,32)(H,29,33)(H,30,31). The lowest BCUT2D eigenvalue weighted by atomic mass is 9.98. The molecule has 2 heterocycles. The van der Waals surface area contributed by atoms with Crippen LogP contribution in [0.4, 0.5) is 5.69 Å². The van der Waals surface area contributed by atoms with Gasteiger partial charge in [0.15, 0.2) is 0 Å². The highest BCUT2D eigenvalue weighted by molar-refractivity contribution is 6.03. The van der Waals surface area contributed by atoms with E-state index in [-0.39, 0.29) is 23.9 Å². The van der Waals surface area contributed by atoms with Gasteiger partial charge >= 0.3 is 0 Å². The molecule has 7 heteroatoms. The highest BCUT2D eigenvalue weighted by Crippen LogP contribution is 2.28. The molecule has 0 aliphatic carbocycles. The number of nitrogens with zero attached hydrogens (tertiary/aromatic N) is 1. The van der Waals surface area contributed by atoms with Crippen molar-refractivity contribution in [3.8, 4) is 11.1 Å². The van der Waals surface area contributed by atoms with Crippen LogP contribution in [0.2, 0.25) is 0 Å². The fourth-order valence-electron chi connectivity index (χ4n) is 3.63. The minimum absolute atomic E-state index is 0.103. The largest absolute Gasteiger partial charge is 0.348 e. The fraction of sp³-hybridized carbons (Fsp3) is 0.231. The summed E-state index contributed by atoms with van der Waals surface area (Å²) in [6.07, 6.45) is 5.95. The Morgan fingerprint density at radius 1 is 1.15 bits per heavy atom. The average molecular weight is 445 g/mol. The Kier molecular flexibility index (Phi) is 7.56. The van der Waals surface area contributed by atoms with Crippen LogP contribution in [0.1, 0.15) is 46.6 Å². The van der Waals surface area contributed by atoms with Gasteiger partial charge in [-0.05, 0) is 66.8 Å². The quantitative estimate of drug-likeness (QED) is 0.458. The topological polar surface area (TPSA) is 104 Å². The number of pyridine rings is 2. The molecule has 0 aliphatic heterocycles. The number of nitrogens with one attached hydrogen (secondary N) is 3. The van der Waals surface area contributed by atoms with E-state index in [1.807, 2.05) is 26.0 Å². The van der Waals surface area contributed by atoms with Crippen LogP contribution in [0.25, 0.3) is 11.1 Å². The Bertz CT molecular complexity index is 1250. The first kappa shape index (κ1) is 23.7. The molecule has 0 fully saturated rings. The van der Waals surface area contributed by atoms with Crippen molar-refractivity contribution in [2.24, 2.45) is 0 Å². The fourth-order valence-corrected chi connectivity index (χ4v) is 3.63. The Morgan fingerprint density at radius 3 is 2.58 bits per heavy atom.